The topological polar surface area (TPSA) is 29.5 Å². The Hall–Kier alpha value is -1.35. The lowest BCUT2D eigenvalue weighted by atomic mass is 9.78. The number of fused-ring (bicyclic) bond motifs is 3. The zero-order valence-corrected chi connectivity index (χ0v) is 12.6. The van der Waals surface area contributed by atoms with Crippen LogP contribution in [0.4, 0.5) is 0 Å². The first-order chi connectivity index (χ1) is 9.52. The Morgan fingerprint density at radius 1 is 1.20 bits per heavy atom. The van der Waals surface area contributed by atoms with Gasteiger partial charge in [-0.15, -0.1) is 0 Å². The fraction of sp³-hybridized carbons (Fsp3) is 0.588. The average molecular weight is 273 g/mol. The molecule has 0 N–H and O–H groups in total. The van der Waals surface area contributed by atoms with Crippen LogP contribution in [0.3, 0.4) is 0 Å². The summed E-state index contributed by atoms with van der Waals surface area (Å²) >= 11 is 0. The van der Waals surface area contributed by atoms with Crippen LogP contribution in [-0.2, 0) is 4.74 Å². The zero-order valence-electron chi connectivity index (χ0n) is 12.6. The van der Waals surface area contributed by atoms with Gasteiger partial charge in [-0.2, -0.15) is 0 Å². The quantitative estimate of drug-likeness (QED) is 0.776. The highest BCUT2D eigenvalue weighted by Crippen LogP contribution is 2.36. The molecule has 0 aromatic heterocycles. The second-order valence-corrected chi connectivity index (χ2v) is 6.49. The number of hydrogen-bond acceptors (Lipinski definition) is 3. The molecule has 0 spiro atoms. The van der Waals surface area contributed by atoms with Crippen LogP contribution in [0.15, 0.2) is 18.2 Å². The fourth-order valence-corrected chi connectivity index (χ4v) is 3.74. The van der Waals surface area contributed by atoms with Crippen LogP contribution in [0.1, 0.15) is 40.7 Å². The van der Waals surface area contributed by atoms with E-state index in [2.05, 4.69) is 18.0 Å². The molecule has 1 aromatic carbocycles. The van der Waals surface area contributed by atoms with Gasteiger partial charge in [0.2, 0.25) is 0 Å². The number of rotatable bonds is 2. The normalized spacial score (nSPS) is 29.4. The molecule has 3 nitrogen and oxygen atoms in total. The van der Waals surface area contributed by atoms with E-state index in [1.807, 2.05) is 26.0 Å². The molecule has 1 aliphatic carbocycles. The maximum absolute atomic E-state index is 12.3. The summed E-state index contributed by atoms with van der Waals surface area (Å²) in [5.74, 6) is 0.358. The van der Waals surface area contributed by atoms with Crippen molar-refractivity contribution >= 4 is 5.97 Å². The van der Waals surface area contributed by atoms with Crippen molar-refractivity contribution in [1.82, 2.24) is 4.90 Å². The summed E-state index contributed by atoms with van der Waals surface area (Å²) in [6.07, 6.45) is 3.55. The zero-order chi connectivity index (χ0) is 14.3. The van der Waals surface area contributed by atoms with Gasteiger partial charge in [-0.05, 0) is 45.9 Å². The molecule has 4 rings (SSSR count). The van der Waals surface area contributed by atoms with Crippen LogP contribution in [0.2, 0.25) is 0 Å². The molecule has 2 bridgehead atoms. The van der Waals surface area contributed by atoms with Gasteiger partial charge in [-0.1, -0.05) is 17.2 Å². The third-order valence-corrected chi connectivity index (χ3v) is 4.76. The standard InChI is InChI=1S/C17H23NO2/c1-11-6-12(2)8-14(7-11)17(19)20-16-9-15-5-4-13(16)10-18(15)3/h6-8,13,15-16H,4-5,9-10H2,1-3H3/t13-,15-,16+/m0/s1. The summed E-state index contributed by atoms with van der Waals surface area (Å²) in [5.41, 5.74) is 2.92. The first kappa shape index (κ1) is 13.6. The van der Waals surface area contributed by atoms with Crippen molar-refractivity contribution in [3.8, 4) is 0 Å². The van der Waals surface area contributed by atoms with Crippen LogP contribution in [-0.4, -0.2) is 36.6 Å². The third-order valence-electron chi connectivity index (χ3n) is 4.76. The Morgan fingerprint density at radius 3 is 2.45 bits per heavy atom. The second kappa shape index (κ2) is 5.21. The van der Waals surface area contributed by atoms with Gasteiger partial charge in [-0.25, -0.2) is 4.79 Å². The van der Waals surface area contributed by atoms with Crippen LogP contribution >= 0.6 is 0 Å². The molecule has 0 radical (unpaired) electrons. The summed E-state index contributed by atoms with van der Waals surface area (Å²) in [4.78, 5) is 14.8. The fourth-order valence-electron chi connectivity index (χ4n) is 3.74. The molecule has 108 valence electrons. The van der Waals surface area contributed by atoms with Gasteiger partial charge in [0.15, 0.2) is 0 Å². The number of piperidine rings is 2. The number of nitrogens with zero attached hydrogens (tertiary/aromatic N) is 1. The van der Waals surface area contributed by atoms with Crippen molar-refractivity contribution in [1.29, 1.82) is 0 Å². The van der Waals surface area contributed by atoms with Gasteiger partial charge in [-0.3, -0.25) is 0 Å². The highest BCUT2D eigenvalue weighted by Gasteiger charge is 2.40. The number of esters is 1. The minimum atomic E-state index is -0.156. The van der Waals surface area contributed by atoms with E-state index in [0.29, 0.717) is 17.5 Å². The number of benzene rings is 1. The minimum absolute atomic E-state index is 0.110. The van der Waals surface area contributed by atoms with Crippen LogP contribution in [0.25, 0.3) is 0 Å². The van der Waals surface area contributed by atoms with Gasteiger partial charge in [0, 0.05) is 24.9 Å². The van der Waals surface area contributed by atoms with Gasteiger partial charge in [0.25, 0.3) is 0 Å². The second-order valence-electron chi connectivity index (χ2n) is 6.49. The van der Waals surface area contributed by atoms with E-state index in [4.69, 9.17) is 4.74 Å². The predicted molar refractivity (Wildman–Crippen MR) is 78.9 cm³/mol. The summed E-state index contributed by atoms with van der Waals surface area (Å²) in [6.45, 7) is 5.10. The molecule has 1 saturated carbocycles. The Kier molecular flexibility index (Phi) is 3.55. The third kappa shape index (κ3) is 2.59. The molecule has 2 heterocycles. The van der Waals surface area contributed by atoms with Crippen molar-refractivity contribution in [3.63, 3.8) is 0 Å². The van der Waals surface area contributed by atoms with Crippen molar-refractivity contribution < 1.29 is 9.53 Å². The molecule has 3 atom stereocenters. The smallest absolute Gasteiger partial charge is 0.338 e. The lowest BCUT2D eigenvalue weighted by Gasteiger charge is -2.47. The van der Waals surface area contributed by atoms with E-state index >= 15 is 0 Å². The number of carbonyl (C=O) groups is 1. The number of hydrogen-bond donors (Lipinski definition) is 0. The molecule has 1 aromatic rings. The lowest BCUT2D eigenvalue weighted by Crippen LogP contribution is -2.53. The number of ether oxygens (including phenoxy) is 1. The average Bonchev–Trinajstić information content (AvgIpc) is 2.39. The summed E-state index contributed by atoms with van der Waals surface area (Å²) in [7, 11) is 2.18. The van der Waals surface area contributed by atoms with Gasteiger partial charge in [0.1, 0.15) is 6.10 Å². The van der Waals surface area contributed by atoms with Crippen molar-refractivity contribution in [3.05, 3.63) is 34.9 Å². The number of carbonyl (C=O) groups excluding carboxylic acids is 1. The molecule has 3 aliphatic rings. The Bertz CT molecular complexity index is 505. The predicted octanol–water partition coefficient (Wildman–Crippen LogP) is 2.94. The van der Waals surface area contributed by atoms with Gasteiger partial charge >= 0.3 is 5.97 Å². The molecule has 3 fully saturated rings. The van der Waals surface area contributed by atoms with Crippen LogP contribution in [0.5, 0.6) is 0 Å². The van der Waals surface area contributed by atoms with Crippen LogP contribution in [0, 0.1) is 19.8 Å². The minimum Gasteiger partial charge on any atom is -0.458 e. The van der Waals surface area contributed by atoms with E-state index in [0.717, 1.165) is 24.1 Å². The maximum atomic E-state index is 12.3. The monoisotopic (exact) mass is 273 g/mol. The Labute approximate surface area is 120 Å². The van der Waals surface area contributed by atoms with E-state index in [-0.39, 0.29) is 12.1 Å². The molecule has 20 heavy (non-hydrogen) atoms. The molecule has 2 aliphatic heterocycles. The van der Waals surface area contributed by atoms with E-state index in [1.165, 1.54) is 12.8 Å². The first-order valence-corrected chi connectivity index (χ1v) is 7.52. The maximum Gasteiger partial charge on any atom is 0.338 e. The highest BCUT2D eigenvalue weighted by molar-refractivity contribution is 5.90. The first-order valence-electron chi connectivity index (χ1n) is 7.52. The molecular weight excluding hydrogens is 250 g/mol. The Balaban J connectivity index is 1.70. The van der Waals surface area contributed by atoms with Crippen LogP contribution < -0.4 is 0 Å². The van der Waals surface area contributed by atoms with Crippen molar-refractivity contribution in [2.75, 3.05) is 13.6 Å². The molecule has 0 amide bonds. The van der Waals surface area contributed by atoms with Crippen molar-refractivity contribution in [2.45, 2.75) is 45.3 Å². The molecule has 2 saturated heterocycles. The molecule has 0 unspecified atom stereocenters. The van der Waals surface area contributed by atoms with E-state index < -0.39 is 0 Å². The van der Waals surface area contributed by atoms with Crippen molar-refractivity contribution in [2.24, 2.45) is 5.92 Å². The lowest BCUT2D eigenvalue weighted by molar-refractivity contribution is -0.0558. The van der Waals surface area contributed by atoms with Gasteiger partial charge in [0.05, 0.1) is 5.56 Å². The Morgan fingerprint density at radius 2 is 1.90 bits per heavy atom. The van der Waals surface area contributed by atoms with E-state index in [1.54, 1.807) is 0 Å². The highest BCUT2D eigenvalue weighted by atomic mass is 16.5. The summed E-state index contributed by atoms with van der Waals surface area (Å²) in [6, 6.07) is 6.51. The number of aryl methyl sites for hydroxylation is 2. The van der Waals surface area contributed by atoms with Gasteiger partial charge < -0.3 is 9.64 Å². The SMILES string of the molecule is Cc1cc(C)cc(C(=O)O[C@@H]2C[C@@H]3CC[C@H]2CN3C)c1. The summed E-state index contributed by atoms with van der Waals surface area (Å²) < 4.78 is 5.80. The molecular formula is C17H23NO2. The largest absolute Gasteiger partial charge is 0.458 e. The molecule has 3 heteroatoms. The summed E-state index contributed by atoms with van der Waals surface area (Å²) in [5, 5.41) is 0. The van der Waals surface area contributed by atoms with E-state index in [9.17, 15) is 4.79 Å².